The fourth-order valence-electron chi connectivity index (χ4n) is 6.80. The molecule has 1 N–H and O–H groups in total. The first-order chi connectivity index (χ1) is 25.4. The highest BCUT2D eigenvalue weighted by Gasteiger charge is 2.53. The predicted molar refractivity (Wildman–Crippen MR) is 205 cm³/mol. The van der Waals surface area contributed by atoms with E-state index in [4.69, 9.17) is 0 Å². The second-order valence-corrected chi connectivity index (χ2v) is 16.0. The van der Waals surface area contributed by atoms with Crippen LogP contribution in [0.3, 0.4) is 0 Å². The first kappa shape index (κ1) is 39.0. The molecule has 4 aromatic rings. The third kappa shape index (κ3) is 7.80. The Morgan fingerprint density at radius 1 is 0.660 bits per heavy atom. The van der Waals surface area contributed by atoms with Crippen LogP contribution in [0.15, 0.2) is 86.2 Å². The van der Waals surface area contributed by atoms with Gasteiger partial charge >= 0.3 is 0 Å². The highest BCUT2D eigenvalue weighted by atomic mass is 79.9. The first-order valence-corrected chi connectivity index (χ1v) is 19.3. The molecule has 53 heavy (non-hydrogen) atoms. The third-order valence-corrected chi connectivity index (χ3v) is 12.4. The quantitative estimate of drug-likeness (QED) is 0.148. The Morgan fingerprint density at radius 3 is 1.64 bits per heavy atom. The number of anilines is 1. The fourth-order valence-corrected chi connectivity index (χ4v) is 8.44. The summed E-state index contributed by atoms with van der Waals surface area (Å²) in [4.78, 5) is 47.9. The number of nitrogens with zero attached hydrogens (tertiary/aromatic N) is 1. The Morgan fingerprint density at radius 2 is 1.15 bits per heavy atom. The van der Waals surface area contributed by atoms with Crippen molar-refractivity contribution >= 4 is 77.9 Å². The number of carbonyl (C=O) groups is 4. The van der Waals surface area contributed by atoms with Crippen molar-refractivity contribution in [2.24, 2.45) is 0 Å². The molecule has 0 saturated heterocycles. The number of carbonyl (C=O) groups excluding carboxylic acids is 4. The van der Waals surface area contributed by atoms with Gasteiger partial charge in [0.1, 0.15) is 0 Å². The zero-order chi connectivity index (χ0) is 38.1. The second-order valence-electron chi connectivity index (χ2n) is 13.4. The largest absolute Gasteiger partial charge is 0.352 e. The van der Waals surface area contributed by atoms with Crippen LogP contribution in [0.2, 0.25) is 0 Å². The van der Waals surface area contributed by atoms with Crippen molar-refractivity contribution in [3.05, 3.63) is 131 Å². The number of hydrogen-bond donors (Lipinski definition) is 1. The summed E-state index contributed by atoms with van der Waals surface area (Å²) < 4.78 is 55.0. The summed E-state index contributed by atoms with van der Waals surface area (Å²) in [5.74, 6) is -0.305. The van der Waals surface area contributed by atoms with E-state index < -0.39 is 23.7 Å². The first-order valence-electron chi connectivity index (χ1n) is 16.9. The summed E-state index contributed by atoms with van der Waals surface area (Å²) in [7, 11) is 0. The van der Waals surface area contributed by atoms with Crippen molar-refractivity contribution in [3.63, 3.8) is 0 Å². The maximum absolute atomic E-state index is 13.4. The Kier molecular flexibility index (Phi) is 11.8. The van der Waals surface area contributed by atoms with Crippen LogP contribution in [0.1, 0.15) is 89.4 Å². The molecule has 2 heterocycles. The number of halogens is 7. The van der Waals surface area contributed by atoms with Crippen molar-refractivity contribution in [1.29, 1.82) is 0 Å². The lowest BCUT2D eigenvalue weighted by Crippen LogP contribution is -2.38. The molecule has 2 aliphatic heterocycles. The van der Waals surface area contributed by atoms with Gasteiger partial charge in [-0.25, -0.2) is 17.6 Å². The topological polar surface area (TPSA) is 83.6 Å². The molecule has 2 saturated carbocycles. The van der Waals surface area contributed by atoms with Gasteiger partial charge in [-0.1, -0.05) is 68.3 Å². The Hall–Kier alpha value is -3.68. The highest BCUT2D eigenvalue weighted by Crippen LogP contribution is 2.54. The minimum Gasteiger partial charge on any atom is -0.352 e. The smallest absolute Gasteiger partial charge is 0.258 e. The minimum atomic E-state index is -2.38. The van der Waals surface area contributed by atoms with E-state index >= 15 is 0 Å². The van der Waals surface area contributed by atoms with E-state index in [9.17, 15) is 36.7 Å². The second kappa shape index (κ2) is 16.0. The van der Waals surface area contributed by atoms with E-state index in [0.29, 0.717) is 88.7 Å². The molecule has 8 rings (SSSR count). The number of aldehydes is 2. The van der Waals surface area contributed by atoms with Gasteiger partial charge in [0, 0.05) is 43.2 Å². The number of benzene rings is 4. The van der Waals surface area contributed by atoms with Gasteiger partial charge in [0.2, 0.25) is 12.9 Å². The van der Waals surface area contributed by atoms with Crippen molar-refractivity contribution in [2.45, 2.75) is 62.2 Å². The van der Waals surface area contributed by atoms with E-state index in [1.165, 1.54) is 0 Å². The minimum absolute atomic E-state index is 0.0975. The molecule has 6 nitrogen and oxygen atoms in total. The number of nitrogens with one attached hydrogen (secondary N) is 1. The standard InChI is InChI=1S/C20H16BrF2NO2.C13H13F2NO.C7H4Br2O/c21-16-2-1-3-17(15(16)11-25)24-9-6-12-10-13(4-5-14(12)18(24)26)20(7-8-20)19(22)23;14-12(15)13(4-5-13)9-1-2-10-8(7-9)3-6-16-11(10)17;8-6-2-1-3-7(9)5(6)4-10/h1-5,10-11,19H,6-9H2;1-2,7,12H,3-6H2,(H,16,17);1-4H. The zero-order valence-electron chi connectivity index (χ0n) is 28.1. The van der Waals surface area contributed by atoms with E-state index in [0.717, 1.165) is 39.1 Å². The molecule has 0 atom stereocenters. The molecule has 2 fully saturated rings. The summed E-state index contributed by atoms with van der Waals surface area (Å²) in [5, 5.41) is 2.75. The lowest BCUT2D eigenvalue weighted by molar-refractivity contribution is 0.0942. The Bertz CT molecular complexity index is 2060. The van der Waals surface area contributed by atoms with Gasteiger partial charge < -0.3 is 10.2 Å². The average molecular weight is 921 g/mol. The molecule has 4 aliphatic rings. The zero-order valence-corrected chi connectivity index (χ0v) is 32.9. The number of amides is 2. The molecule has 0 aromatic heterocycles. The molecule has 2 amide bonds. The van der Waals surface area contributed by atoms with E-state index in [1.54, 1.807) is 59.5 Å². The van der Waals surface area contributed by atoms with Crippen molar-refractivity contribution in [2.75, 3.05) is 18.0 Å². The fraction of sp³-hybridized carbons (Fsp3) is 0.300. The molecular formula is C40H33Br3F4N2O4. The Balaban J connectivity index is 0.000000152. The van der Waals surface area contributed by atoms with Crippen molar-refractivity contribution in [3.8, 4) is 0 Å². The average Bonchev–Trinajstić information content (AvgIpc) is 4.08. The molecule has 0 radical (unpaired) electrons. The monoisotopic (exact) mass is 918 g/mol. The van der Waals surface area contributed by atoms with Crippen LogP contribution in [-0.2, 0) is 23.7 Å². The third-order valence-electron chi connectivity index (χ3n) is 10.3. The maximum atomic E-state index is 13.4. The summed E-state index contributed by atoms with van der Waals surface area (Å²) >= 11 is 9.83. The van der Waals surface area contributed by atoms with Crippen LogP contribution in [-0.4, -0.2) is 50.3 Å². The van der Waals surface area contributed by atoms with Crippen LogP contribution in [0.25, 0.3) is 0 Å². The Labute approximate surface area is 329 Å². The number of hydrogen-bond acceptors (Lipinski definition) is 4. The number of rotatable bonds is 7. The summed E-state index contributed by atoms with van der Waals surface area (Å²) in [5.41, 5.74) is 3.86. The van der Waals surface area contributed by atoms with Crippen LogP contribution in [0.5, 0.6) is 0 Å². The van der Waals surface area contributed by atoms with E-state index in [2.05, 4.69) is 53.1 Å². The van der Waals surface area contributed by atoms with Gasteiger partial charge in [-0.15, -0.1) is 0 Å². The van der Waals surface area contributed by atoms with Crippen LogP contribution in [0.4, 0.5) is 23.2 Å². The van der Waals surface area contributed by atoms with Crippen molar-refractivity contribution in [1.82, 2.24) is 5.32 Å². The van der Waals surface area contributed by atoms with Gasteiger partial charge in [-0.05, 0) is 113 Å². The predicted octanol–water partition coefficient (Wildman–Crippen LogP) is 10.1. The van der Waals surface area contributed by atoms with Gasteiger partial charge in [0.25, 0.3) is 11.8 Å². The molecule has 0 bridgehead atoms. The van der Waals surface area contributed by atoms with Crippen LogP contribution in [0, 0.1) is 0 Å². The highest BCUT2D eigenvalue weighted by molar-refractivity contribution is 9.11. The molecule has 0 spiro atoms. The summed E-state index contributed by atoms with van der Waals surface area (Å²) in [6.45, 7) is 1.01. The summed E-state index contributed by atoms with van der Waals surface area (Å²) in [6.07, 6.45) is 0.234. The number of fused-ring (bicyclic) bond motifs is 2. The molecule has 13 heteroatoms. The lowest BCUT2D eigenvalue weighted by Gasteiger charge is -2.30. The van der Waals surface area contributed by atoms with Crippen LogP contribution < -0.4 is 10.2 Å². The van der Waals surface area contributed by atoms with E-state index in [1.807, 2.05) is 18.2 Å². The lowest BCUT2D eigenvalue weighted by atomic mass is 9.89. The van der Waals surface area contributed by atoms with Crippen LogP contribution >= 0.6 is 47.8 Å². The molecule has 2 aliphatic carbocycles. The van der Waals surface area contributed by atoms with Gasteiger partial charge in [0.15, 0.2) is 12.6 Å². The van der Waals surface area contributed by atoms with Gasteiger partial charge in [-0.2, -0.15) is 0 Å². The number of alkyl halides is 4. The SMILES string of the molecule is O=C1NCCc2cc(C3(C(F)F)CC3)ccc21.O=Cc1c(Br)cccc1Br.O=Cc1c(Br)cccc1N1CCc2cc(C3(C(F)F)CC3)ccc2C1=O. The summed E-state index contributed by atoms with van der Waals surface area (Å²) in [6, 6.07) is 21.0. The molecule has 276 valence electrons. The molecule has 0 unspecified atom stereocenters. The van der Waals surface area contributed by atoms with E-state index in [-0.39, 0.29) is 11.8 Å². The van der Waals surface area contributed by atoms with Gasteiger partial charge in [0.05, 0.1) is 22.1 Å². The normalized spacial score (nSPS) is 17.3. The van der Waals surface area contributed by atoms with Gasteiger partial charge in [-0.3, -0.25) is 19.2 Å². The maximum Gasteiger partial charge on any atom is 0.258 e. The molecular weight excluding hydrogens is 888 g/mol. The molecule has 4 aromatic carbocycles. The van der Waals surface area contributed by atoms with Crippen molar-refractivity contribution < 1.29 is 36.7 Å².